The van der Waals surface area contributed by atoms with E-state index >= 15 is 0 Å². The Labute approximate surface area is 173 Å². The van der Waals surface area contributed by atoms with Crippen LogP contribution in [-0.4, -0.2) is 48.7 Å². The topological polar surface area (TPSA) is 96.6 Å². The van der Waals surface area contributed by atoms with Crippen molar-refractivity contribution in [1.82, 2.24) is 15.0 Å². The molecular weight excluding hydrogens is 412 g/mol. The first-order valence-electron chi connectivity index (χ1n) is 8.96. The lowest BCUT2D eigenvalue weighted by Gasteiger charge is -2.26. The minimum absolute atomic E-state index is 0.110. The van der Waals surface area contributed by atoms with Crippen LogP contribution in [0, 0.1) is 6.92 Å². The van der Waals surface area contributed by atoms with E-state index in [0.717, 1.165) is 21.0 Å². The third-order valence-electron chi connectivity index (χ3n) is 4.24. The maximum absolute atomic E-state index is 12.9. The van der Waals surface area contributed by atoms with Crippen LogP contribution < -0.4 is 4.31 Å². The van der Waals surface area contributed by atoms with Crippen LogP contribution in [0.25, 0.3) is 10.7 Å². The highest BCUT2D eigenvalue weighted by Crippen LogP contribution is 2.22. The van der Waals surface area contributed by atoms with Crippen molar-refractivity contribution >= 4 is 33.0 Å². The fourth-order valence-electron chi connectivity index (χ4n) is 2.77. The summed E-state index contributed by atoms with van der Waals surface area (Å²) in [6.45, 7) is 3.86. The summed E-state index contributed by atoms with van der Waals surface area (Å²) in [5.74, 6) is 0.413. The van der Waals surface area contributed by atoms with E-state index in [0.29, 0.717) is 23.9 Å². The molecule has 3 rings (SSSR count). The third kappa shape index (κ3) is 5.21. The normalized spacial score (nSPS) is 11.4. The van der Waals surface area contributed by atoms with Crippen LogP contribution in [-0.2, 0) is 21.4 Å². The first kappa shape index (κ1) is 21.0. The van der Waals surface area contributed by atoms with Crippen molar-refractivity contribution < 1.29 is 17.7 Å². The van der Waals surface area contributed by atoms with Crippen LogP contribution in [0.1, 0.15) is 18.4 Å². The Kier molecular flexibility index (Phi) is 6.33. The Balaban J connectivity index is 1.76. The number of benzene rings is 1. The number of likely N-dealkylation sites (N-methyl/N-ethyl adjacent to an activating group) is 1. The molecule has 0 aliphatic heterocycles. The lowest BCUT2D eigenvalue weighted by molar-refractivity contribution is -0.130. The zero-order valence-corrected chi connectivity index (χ0v) is 18.0. The first-order valence-corrected chi connectivity index (χ1v) is 11.7. The SMILES string of the molecule is CCN(Cc1nc(-c2cccs2)no1)C(=O)CN(c1cccc(C)c1)S(C)(=O)=O. The highest BCUT2D eigenvalue weighted by atomic mass is 32.2. The second kappa shape index (κ2) is 8.75. The summed E-state index contributed by atoms with van der Waals surface area (Å²) in [7, 11) is -3.63. The summed E-state index contributed by atoms with van der Waals surface area (Å²) in [4.78, 5) is 19.5. The molecule has 29 heavy (non-hydrogen) atoms. The Morgan fingerprint density at radius 1 is 1.24 bits per heavy atom. The predicted octanol–water partition coefficient (Wildman–Crippen LogP) is 2.92. The zero-order valence-electron chi connectivity index (χ0n) is 16.4. The summed E-state index contributed by atoms with van der Waals surface area (Å²) in [6, 6.07) is 10.8. The Hall–Kier alpha value is -2.72. The number of carbonyl (C=O) groups is 1. The minimum atomic E-state index is -3.63. The average molecular weight is 435 g/mol. The van der Waals surface area contributed by atoms with Crippen molar-refractivity contribution in [3.63, 3.8) is 0 Å². The number of hydrogen-bond donors (Lipinski definition) is 0. The van der Waals surface area contributed by atoms with E-state index in [1.54, 1.807) is 18.2 Å². The van der Waals surface area contributed by atoms with Crippen LogP contribution in [0.2, 0.25) is 0 Å². The molecule has 1 aromatic carbocycles. The number of rotatable bonds is 8. The number of hydrogen-bond acceptors (Lipinski definition) is 7. The van der Waals surface area contributed by atoms with Crippen LogP contribution in [0.5, 0.6) is 0 Å². The second-order valence-electron chi connectivity index (χ2n) is 6.51. The van der Waals surface area contributed by atoms with Crippen molar-refractivity contribution in [1.29, 1.82) is 0 Å². The fourth-order valence-corrected chi connectivity index (χ4v) is 4.26. The van der Waals surface area contributed by atoms with Crippen LogP contribution in [0.3, 0.4) is 0 Å². The molecular formula is C19H22N4O4S2. The van der Waals surface area contributed by atoms with Gasteiger partial charge in [-0.05, 0) is 43.0 Å². The van der Waals surface area contributed by atoms with Gasteiger partial charge in [0.25, 0.3) is 0 Å². The van der Waals surface area contributed by atoms with Gasteiger partial charge < -0.3 is 9.42 Å². The number of sulfonamides is 1. The van der Waals surface area contributed by atoms with E-state index in [1.165, 1.54) is 16.2 Å². The lowest BCUT2D eigenvalue weighted by atomic mass is 10.2. The molecule has 154 valence electrons. The van der Waals surface area contributed by atoms with Gasteiger partial charge in [-0.1, -0.05) is 23.4 Å². The molecule has 0 bridgehead atoms. The smallest absolute Gasteiger partial charge is 0.246 e. The van der Waals surface area contributed by atoms with Crippen molar-refractivity contribution in [2.24, 2.45) is 0 Å². The van der Waals surface area contributed by atoms with Crippen molar-refractivity contribution in [2.75, 3.05) is 23.7 Å². The molecule has 0 saturated heterocycles. The predicted molar refractivity (Wildman–Crippen MR) is 112 cm³/mol. The maximum atomic E-state index is 12.9. The van der Waals surface area contributed by atoms with Gasteiger partial charge in [0.2, 0.25) is 27.6 Å². The molecule has 0 atom stereocenters. The number of carbonyl (C=O) groups excluding carboxylic acids is 1. The number of aryl methyl sites for hydroxylation is 1. The van der Waals surface area contributed by atoms with Crippen LogP contribution in [0.15, 0.2) is 46.3 Å². The maximum Gasteiger partial charge on any atom is 0.246 e. The van der Waals surface area contributed by atoms with Gasteiger partial charge in [-0.3, -0.25) is 9.10 Å². The van der Waals surface area contributed by atoms with Crippen molar-refractivity contribution in [3.05, 3.63) is 53.2 Å². The number of anilines is 1. The highest BCUT2D eigenvalue weighted by molar-refractivity contribution is 7.92. The Morgan fingerprint density at radius 2 is 2.03 bits per heavy atom. The van der Waals surface area contributed by atoms with Crippen molar-refractivity contribution in [2.45, 2.75) is 20.4 Å². The quantitative estimate of drug-likeness (QED) is 0.541. The van der Waals surface area contributed by atoms with E-state index in [1.807, 2.05) is 37.4 Å². The Morgan fingerprint density at radius 3 is 2.66 bits per heavy atom. The molecule has 0 N–H and O–H groups in total. The number of thiophene rings is 1. The first-order chi connectivity index (χ1) is 13.8. The van der Waals surface area contributed by atoms with E-state index in [4.69, 9.17) is 4.52 Å². The van der Waals surface area contributed by atoms with Crippen LogP contribution >= 0.6 is 11.3 Å². The van der Waals surface area contributed by atoms with Gasteiger partial charge in [0.15, 0.2) is 0 Å². The van der Waals surface area contributed by atoms with Gasteiger partial charge in [0.05, 0.1) is 16.8 Å². The summed E-state index contributed by atoms with van der Waals surface area (Å²) in [5.41, 5.74) is 1.36. The lowest BCUT2D eigenvalue weighted by Crippen LogP contribution is -2.42. The average Bonchev–Trinajstić information content (AvgIpc) is 3.34. The van der Waals surface area contributed by atoms with Gasteiger partial charge in [-0.25, -0.2) is 8.42 Å². The third-order valence-corrected chi connectivity index (χ3v) is 6.25. The van der Waals surface area contributed by atoms with Crippen LogP contribution in [0.4, 0.5) is 5.69 Å². The van der Waals surface area contributed by atoms with E-state index in [2.05, 4.69) is 10.1 Å². The Bertz CT molecular complexity index is 1080. The van der Waals surface area contributed by atoms with Gasteiger partial charge in [0.1, 0.15) is 13.1 Å². The summed E-state index contributed by atoms with van der Waals surface area (Å²) < 4.78 is 31.0. The number of aromatic nitrogens is 2. The summed E-state index contributed by atoms with van der Waals surface area (Å²) >= 11 is 1.49. The molecule has 0 aliphatic carbocycles. The van der Waals surface area contributed by atoms with Crippen molar-refractivity contribution in [3.8, 4) is 10.7 Å². The molecule has 0 saturated carbocycles. The zero-order chi connectivity index (χ0) is 21.0. The number of amides is 1. The fraction of sp³-hybridized carbons (Fsp3) is 0.316. The molecule has 1 amide bonds. The molecule has 0 aliphatic rings. The molecule has 0 spiro atoms. The second-order valence-corrected chi connectivity index (χ2v) is 9.36. The molecule has 0 fully saturated rings. The highest BCUT2D eigenvalue weighted by Gasteiger charge is 2.25. The van der Waals surface area contributed by atoms with E-state index in [-0.39, 0.29) is 19.0 Å². The minimum Gasteiger partial charge on any atom is -0.337 e. The molecule has 2 aromatic heterocycles. The molecule has 0 radical (unpaired) electrons. The molecule has 3 aromatic rings. The van der Waals surface area contributed by atoms with Gasteiger partial charge in [0, 0.05) is 6.54 Å². The van der Waals surface area contributed by atoms with Gasteiger partial charge >= 0.3 is 0 Å². The standard InChI is InChI=1S/C19H22N4O4S2/c1-4-22(12-17-20-19(21-27-17)16-9-6-10-28-16)18(24)13-23(29(3,25)26)15-8-5-7-14(2)11-15/h5-11H,4,12-13H2,1-3H3. The molecule has 2 heterocycles. The molecule has 0 unspecified atom stereocenters. The van der Waals surface area contributed by atoms with E-state index < -0.39 is 10.0 Å². The number of nitrogens with zero attached hydrogens (tertiary/aromatic N) is 4. The largest absolute Gasteiger partial charge is 0.337 e. The monoisotopic (exact) mass is 434 g/mol. The summed E-state index contributed by atoms with van der Waals surface area (Å²) in [5, 5.41) is 5.86. The van der Waals surface area contributed by atoms with E-state index in [9.17, 15) is 13.2 Å². The molecule has 10 heteroatoms. The summed E-state index contributed by atoms with van der Waals surface area (Å²) in [6.07, 6.45) is 1.09. The van der Waals surface area contributed by atoms with Gasteiger partial charge in [-0.15, -0.1) is 11.3 Å². The molecule has 8 nitrogen and oxygen atoms in total. The van der Waals surface area contributed by atoms with Gasteiger partial charge in [-0.2, -0.15) is 4.98 Å².